The maximum absolute atomic E-state index is 13.5. The van der Waals surface area contributed by atoms with E-state index < -0.39 is 53.4 Å². The Morgan fingerprint density at radius 2 is 1.81 bits per heavy atom. The van der Waals surface area contributed by atoms with Gasteiger partial charge in [-0.15, -0.1) is 0 Å². The second-order valence-corrected chi connectivity index (χ2v) is 12.3. The summed E-state index contributed by atoms with van der Waals surface area (Å²) in [5.41, 5.74) is 4.22. The van der Waals surface area contributed by atoms with E-state index >= 15 is 0 Å². The number of pyridine rings is 1. The Morgan fingerprint density at radius 1 is 1.10 bits per heavy atom. The smallest absolute Gasteiger partial charge is 0.325 e. The Kier molecular flexibility index (Phi) is 9.47. The van der Waals surface area contributed by atoms with Crippen molar-refractivity contribution in [3.63, 3.8) is 0 Å². The van der Waals surface area contributed by atoms with Gasteiger partial charge in [-0.3, -0.25) is 24.2 Å². The Labute approximate surface area is 246 Å². The molecule has 2 aromatic rings. The van der Waals surface area contributed by atoms with Gasteiger partial charge in [0.15, 0.2) is 0 Å². The number of nitrogens with one attached hydrogen (secondary N) is 2. The molecule has 3 heterocycles. The third-order valence-electron chi connectivity index (χ3n) is 8.19. The average Bonchev–Trinajstić information content (AvgIpc) is 2.95. The summed E-state index contributed by atoms with van der Waals surface area (Å²) in [7, 11) is 0. The van der Waals surface area contributed by atoms with Crippen molar-refractivity contribution in [3.8, 4) is 0 Å². The first-order valence-corrected chi connectivity index (χ1v) is 14.7. The van der Waals surface area contributed by atoms with E-state index in [1.807, 2.05) is 70.2 Å². The van der Waals surface area contributed by atoms with E-state index in [2.05, 4.69) is 10.7 Å². The predicted octanol–water partition coefficient (Wildman–Crippen LogP) is 3.48. The summed E-state index contributed by atoms with van der Waals surface area (Å²) in [6, 6.07) is 7.49. The molecule has 10 nitrogen and oxygen atoms in total. The van der Waals surface area contributed by atoms with Gasteiger partial charge in [0.05, 0.1) is 17.3 Å². The highest BCUT2D eigenvalue weighted by atomic mass is 16.5. The van der Waals surface area contributed by atoms with Crippen LogP contribution in [0.4, 0.5) is 0 Å². The van der Waals surface area contributed by atoms with Crippen molar-refractivity contribution in [1.82, 2.24) is 20.7 Å². The lowest BCUT2D eigenvalue weighted by atomic mass is 9.79. The van der Waals surface area contributed by atoms with E-state index in [0.717, 1.165) is 16.5 Å². The summed E-state index contributed by atoms with van der Waals surface area (Å²) in [5, 5.41) is 15.4. The first kappa shape index (κ1) is 31.3. The van der Waals surface area contributed by atoms with Crippen molar-refractivity contribution in [2.24, 2.45) is 17.3 Å². The molecule has 0 radical (unpaired) electrons. The van der Waals surface area contributed by atoms with Crippen LogP contribution in [0.15, 0.2) is 36.4 Å². The third-order valence-corrected chi connectivity index (χ3v) is 8.19. The number of aromatic nitrogens is 1. The van der Waals surface area contributed by atoms with E-state index in [0.29, 0.717) is 25.1 Å². The lowest BCUT2D eigenvalue weighted by Gasteiger charge is -2.36. The van der Waals surface area contributed by atoms with Crippen molar-refractivity contribution >= 4 is 40.5 Å². The fraction of sp³-hybridized carbons (Fsp3) is 0.531. The number of aliphatic hydroxyl groups excluding tert-OH is 1. The molecule has 5 bridgehead atoms. The van der Waals surface area contributed by atoms with Crippen LogP contribution in [-0.2, 0) is 23.9 Å². The van der Waals surface area contributed by atoms with Gasteiger partial charge in [-0.05, 0) is 64.2 Å². The van der Waals surface area contributed by atoms with E-state index in [1.165, 1.54) is 11.9 Å². The monoisotopic (exact) mass is 578 g/mol. The van der Waals surface area contributed by atoms with Gasteiger partial charge >= 0.3 is 5.97 Å². The number of hydrogen-bond acceptors (Lipinski definition) is 8. The molecule has 226 valence electrons. The van der Waals surface area contributed by atoms with Crippen molar-refractivity contribution in [1.29, 1.82) is 0 Å². The number of carbonyl (C=O) groups excluding carboxylic acids is 4. The number of amides is 2. The zero-order valence-corrected chi connectivity index (χ0v) is 25.2. The summed E-state index contributed by atoms with van der Waals surface area (Å²) >= 11 is 0. The number of esters is 1. The second kappa shape index (κ2) is 12.7. The van der Waals surface area contributed by atoms with Crippen LogP contribution in [0.3, 0.4) is 0 Å². The molecule has 4 rings (SSSR count). The summed E-state index contributed by atoms with van der Waals surface area (Å²) < 4.78 is 5.75. The summed E-state index contributed by atoms with van der Waals surface area (Å²) in [6.45, 7) is 10.8. The molecule has 3 N–H and O–H groups in total. The minimum Gasteiger partial charge on any atom is -0.455 e. The highest BCUT2D eigenvalue weighted by Gasteiger charge is 2.38. The number of aliphatic hydroxyl groups is 1. The lowest BCUT2D eigenvalue weighted by molar-refractivity contribution is -0.158. The normalized spacial score (nSPS) is 27.5. The number of ether oxygens (including phenoxy) is 1. The van der Waals surface area contributed by atoms with Gasteiger partial charge in [-0.25, -0.2) is 10.4 Å². The van der Waals surface area contributed by atoms with E-state index in [4.69, 9.17) is 9.72 Å². The van der Waals surface area contributed by atoms with Gasteiger partial charge < -0.3 is 15.2 Å². The van der Waals surface area contributed by atoms with Crippen LogP contribution in [0, 0.1) is 17.3 Å². The number of carbonyl (C=O) groups is 4. The van der Waals surface area contributed by atoms with Crippen LogP contribution in [0.1, 0.15) is 78.2 Å². The molecule has 0 unspecified atom stereocenters. The van der Waals surface area contributed by atoms with E-state index in [-0.39, 0.29) is 18.1 Å². The number of allylic oxidation sites excluding steroid dienone is 1. The maximum Gasteiger partial charge on any atom is 0.325 e. The molecule has 0 aliphatic carbocycles. The van der Waals surface area contributed by atoms with Gasteiger partial charge in [0.2, 0.25) is 5.91 Å². The summed E-state index contributed by atoms with van der Waals surface area (Å²) in [6.07, 6.45) is 2.78. The highest BCUT2D eigenvalue weighted by Crippen LogP contribution is 2.28. The fourth-order valence-electron chi connectivity index (χ4n) is 5.22. The number of fused-ring (bicyclic) bond motifs is 4. The molecule has 0 saturated carbocycles. The Morgan fingerprint density at radius 3 is 2.50 bits per heavy atom. The van der Waals surface area contributed by atoms with Crippen LogP contribution in [0.2, 0.25) is 0 Å². The van der Waals surface area contributed by atoms with Gasteiger partial charge in [0.1, 0.15) is 24.0 Å². The molecule has 1 saturated heterocycles. The molecular formula is C32H42N4O6. The highest BCUT2D eigenvalue weighted by molar-refractivity contribution is 5.94. The van der Waals surface area contributed by atoms with Gasteiger partial charge in [0.25, 0.3) is 5.91 Å². The molecule has 42 heavy (non-hydrogen) atoms. The Balaban J connectivity index is 1.73. The second-order valence-electron chi connectivity index (χ2n) is 12.3. The quantitative estimate of drug-likeness (QED) is 0.461. The number of Topliss-reactive ketones (excluding diaryl/α,β-unsaturated/α-hetero) is 1. The van der Waals surface area contributed by atoms with Crippen molar-refractivity contribution in [3.05, 3.63) is 47.7 Å². The molecule has 1 fully saturated rings. The minimum absolute atomic E-state index is 0.0298. The number of rotatable bonds is 2. The number of benzene rings is 1. The SMILES string of the molecule is CC(C)[C@@H]1CC(=O)C(C)(C)/C=C/c2ccc3ccc(nc3c2)[C@@H](C)OC(=O)[C@@H]2CCCN(N2)C(=O)[C@H]([C@@H](C)O)NC1=O. The molecule has 1 aromatic carbocycles. The third kappa shape index (κ3) is 7.04. The van der Waals surface area contributed by atoms with Gasteiger partial charge in [-0.2, -0.15) is 0 Å². The molecule has 10 heteroatoms. The average molecular weight is 579 g/mol. The Hall–Kier alpha value is -3.63. The van der Waals surface area contributed by atoms with Crippen molar-refractivity contribution in [2.45, 2.75) is 85.1 Å². The fourth-order valence-corrected chi connectivity index (χ4v) is 5.22. The topological polar surface area (TPSA) is 138 Å². The van der Waals surface area contributed by atoms with Crippen molar-refractivity contribution < 1.29 is 29.0 Å². The summed E-state index contributed by atoms with van der Waals surface area (Å²) in [5.74, 6) is -2.61. The first-order chi connectivity index (χ1) is 19.8. The van der Waals surface area contributed by atoms with Gasteiger partial charge in [0, 0.05) is 29.7 Å². The van der Waals surface area contributed by atoms with Crippen LogP contribution in [0.5, 0.6) is 0 Å². The number of nitrogens with zero attached hydrogens (tertiary/aromatic N) is 2. The lowest BCUT2D eigenvalue weighted by Crippen LogP contribution is -2.62. The predicted molar refractivity (Wildman–Crippen MR) is 158 cm³/mol. The molecule has 5 atom stereocenters. The number of hydrogen-bond donors (Lipinski definition) is 3. The molecular weight excluding hydrogens is 536 g/mol. The maximum atomic E-state index is 13.5. The van der Waals surface area contributed by atoms with Crippen LogP contribution < -0.4 is 10.7 Å². The molecule has 2 aliphatic heterocycles. The standard InChI is InChI=1S/C32H42N4O6/c1-18(2)23-17-27(38)32(5,6)14-13-21-9-10-22-11-12-24(33-26(22)16-21)20(4)42-31(41)25-8-7-15-36(35-25)30(40)28(19(3)37)34-29(23)39/h9-14,16,18-20,23,25,28,35,37H,7-8,15,17H2,1-6H3,(H,34,39)/b14-13+/t19-,20-,23+,25+,28+/m1/s1. The van der Waals surface area contributed by atoms with Crippen molar-refractivity contribution in [2.75, 3.05) is 6.54 Å². The summed E-state index contributed by atoms with van der Waals surface area (Å²) in [4.78, 5) is 58.3. The number of hydrazine groups is 1. The molecule has 2 amide bonds. The minimum atomic E-state index is -1.26. The largest absolute Gasteiger partial charge is 0.455 e. The number of cyclic esters (lactones) is 1. The van der Waals surface area contributed by atoms with Crippen LogP contribution >= 0.6 is 0 Å². The van der Waals surface area contributed by atoms with Gasteiger partial charge in [-0.1, -0.05) is 44.2 Å². The Bertz CT molecular complexity index is 1380. The number of ketones is 1. The van der Waals surface area contributed by atoms with Crippen LogP contribution in [-0.4, -0.2) is 63.4 Å². The first-order valence-electron chi connectivity index (χ1n) is 14.7. The van der Waals surface area contributed by atoms with E-state index in [9.17, 15) is 24.3 Å². The van der Waals surface area contributed by atoms with Crippen LogP contribution in [0.25, 0.3) is 17.0 Å². The zero-order valence-electron chi connectivity index (χ0n) is 25.2. The zero-order chi connectivity index (χ0) is 30.8. The molecule has 0 spiro atoms. The molecule has 1 aromatic heterocycles. The molecule has 2 aliphatic rings. The van der Waals surface area contributed by atoms with E-state index in [1.54, 1.807) is 6.92 Å².